The van der Waals surface area contributed by atoms with Crippen molar-refractivity contribution in [2.45, 2.75) is 45.5 Å². The first kappa shape index (κ1) is 24.5. The quantitative estimate of drug-likeness (QED) is 0.405. The van der Waals surface area contributed by atoms with Gasteiger partial charge in [-0.05, 0) is 51.1 Å². The van der Waals surface area contributed by atoms with E-state index in [1.807, 2.05) is 39.0 Å². The van der Waals surface area contributed by atoms with Crippen LogP contribution in [0.25, 0.3) is 27.8 Å². The first-order valence-corrected chi connectivity index (χ1v) is 11.6. The number of alkyl halides is 3. The van der Waals surface area contributed by atoms with Crippen LogP contribution >= 0.6 is 0 Å². The molecule has 1 amide bonds. The highest BCUT2D eigenvalue weighted by Crippen LogP contribution is 2.30. The number of benzene rings is 1. The highest BCUT2D eigenvalue weighted by atomic mass is 19.4. The van der Waals surface area contributed by atoms with E-state index in [1.54, 1.807) is 17.2 Å². The molecule has 0 aliphatic carbocycles. The number of hydrogen-bond donors (Lipinski definition) is 1. The molecule has 192 valence electrons. The van der Waals surface area contributed by atoms with Crippen LogP contribution in [-0.2, 0) is 23.9 Å². The number of rotatable bonds is 2. The number of aromatic nitrogens is 4. The van der Waals surface area contributed by atoms with E-state index in [1.165, 1.54) is 16.7 Å². The van der Waals surface area contributed by atoms with E-state index in [2.05, 4.69) is 15.2 Å². The van der Waals surface area contributed by atoms with Crippen LogP contribution in [0.1, 0.15) is 37.7 Å². The van der Waals surface area contributed by atoms with E-state index in [4.69, 9.17) is 4.74 Å². The van der Waals surface area contributed by atoms with Gasteiger partial charge in [0.05, 0.1) is 17.9 Å². The standard InChI is InChI=1S/C26H24F3N5O3/c1-25(2,3)37-24(36)33-10-9-20-18(14-33)17-5-4-16(13-21(17)30-20)34-11-8-15(12-23(34)35)19-6-7-22(32-31-19)26(27,28)29/h4-8,11-13,30H,9-10,14H2,1-3H3. The van der Waals surface area contributed by atoms with Gasteiger partial charge in [0.1, 0.15) is 5.60 Å². The third-order valence-corrected chi connectivity index (χ3v) is 6.06. The first-order chi connectivity index (χ1) is 17.4. The van der Waals surface area contributed by atoms with Crippen molar-refractivity contribution in [2.24, 2.45) is 0 Å². The van der Waals surface area contributed by atoms with Crippen LogP contribution in [0.5, 0.6) is 0 Å². The maximum absolute atomic E-state index is 12.9. The average molecular weight is 512 g/mol. The summed E-state index contributed by atoms with van der Waals surface area (Å²) in [5, 5.41) is 7.79. The molecule has 0 bridgehead atoms. The fraction of sp³-hybridized carbons (Fsp3) is 0.308. The summed E-state index contributed by atoms with van der Waals surface area (Å²) < 4.78 is 45.2. The molecule has 0 radical (unpaired) electrons. The topological polar surface area (TPSA) is 93.1 Å². The third kappa shape index (κ3) is 4.93. The largest absolute Gasteiger partial charge is 0.444 e. The zero-order chi connectivity index (χ0) is 26.5. The van der Waals surface area contributed by atoms with Crippen molar-refractivity contribution < 1.29 is 22.7 Å². The van der Waals surface area contributed by atoms with Crippen molar-refractivity contribution in [1.29, 1.82) is 0 Å². The molecule has 0 saturated carbocycles. The number of H-pyrrole nitrogens is 1. The predicted molar refractivity (Wildman–Crippen MR) is 130 cm³/mol. The molecular weight excluding hydrogens is 487 g/mol. The third-order valence-electron chi connectivity index (χ3n) is 6.06. The Morgan fingerprint density at radius 2 is 1.84 bits per heavy atom. The van der Waals surface area contributed by atoms with E-state index >= 15 is 0 Å². The number of amides is 1. The van der Waals surface area contributed by atoms with Crippen molar-refractivity contribution >= 4 is 17.0 Å². The minimum absolute atomic E-state index is 0.166. The van der Waals surface area contributed by atoms with Gasteiger partial charge in [0.2, 0.25) is 0 Å². The van der Waals surface area contributed by atoms with E-state index in [0.717, 1.165) is 28.2 Å². The fourth-order valence-corrected chi connectivity index (χ4v) is 4.33. The number of ether oxygens (including phenoxy) is 1. The number of nitrogens with one attached hydrogen (secondary N) is 1. The van der Waals surface area contributed by atoms with Crippen molar-refractivity contribution in [1.82, 2.24) is 24.6 Å². The molecule has 0 spiro atoms. The van der Waals surface area contributed by atoms with E-state index in [9.17, 15) is 22.8 Å². The van der Waals surface area contributed by atoms with E-state index in [0.29, 0.717) is 30.8 Å². The summed E-state index contributed by atoms with van der Waals surface area (Å²) in [6, 6.07) is 10.5. The molecule has 5 rings (SSSR count). The molecule has 1 aliphatic heterocycles. The molecule has 4 aromatic rings. The summed E-state index contributed by atoms with van der Waals surface area (Å²) in [5.74, 6) is 0. The van der Waals surface area contributed by atoms with Gasteiger partial charge in [-0.1, -0.05) is 6.07 Å². The van der Waals surface area contributed by atoms with Crippen LogP contribution in [0.4, 0.5) is 18.0 Å². The number of pyridine rings is 1. The molecule has 37 heavy (non-hydrogen) atoms. The summed E-state index contributed by atoms with van der Waals surface area (Å²) in [4.78, 5) is 30.5. The Labute approximate surface area is 209 Å². The predicted octanol–water partition coefficient (Wildman–Crippen LogP) is 5.09. The number of carbonyl (C=O) groups excluding carboxylic acids is 1. The zero-order valence-electron chi connectivity index (χ0n) is 20.4. The summed E-state index contributed by atoms with van der Waals surface area (Å²) >= 11 is 0. The van der Waals surface area contributed by atoms with Crippen molar-refractivity contribution in [3.05, 3.63) is 76.0 Å². The molecule has 0 atom stereocenters. The molecule has 4 heterocycles. The van der Waals surface area contributed by atoms with Gasteiger partial charge < -0.3 is 14.6 Å². The fourth-order valence-electron chi connectivity index (χ4n) is 4.33. The van der Waals surface area contributed by atoms with Gasteiger partial charge in [-0.15, -0.1) is 10.2 Å². The second-order valence-corrected chi connectivity index (χ2v) is 9.89. The first-order valence-electron chi connectivity index (χ1n) is 11.6. The van der Waals surface area contributed by atoms with Crippen molar-refractivity contribution in [2.75, 3.05) is 6.54 Å². The molecule has 3 aromatic heterocycles. The molecular formula is C26H24F3N5O3. The second kappa shape index (κ2) is 8.75. The number of nitrogens with zero attached hydrogens (tertiary/aromatic N) is 4. The van der Waals surface area contributed by atoms with Crippen molar-refractivity contribution in [3.63, 3.8) is 0 Å². The summed E-state index contributed by atoms with van der Waals surface area (Å²) in [6.45, 7) is 6.46. The van der Waals surface area contributed by atoms with Crippen LogP contribution in [-0.4, -0.2) is 42.9 Å². The molecule has 0 fully saturated rings. The highest BCUT2D eigenvalue weighted by Gasteiger charge is 2.33. The Bertz CT molecular complexity index is 1550. The molecule has 11 heteroatoms. The number of fused-ring (bicyclic) bond motifs is 3. The lowest BCUT2D eigenvalue weighted by atomic mass is 10.0. The molecule has 0 unspecified atom stereocenters. The Hall–Kier alpha value is -4.15. The molecule has 0 saturated heterocycles. The average Bonchev–Trinajstić information content (AvgIpc) is 3.19. The second-order valence-electron chi connectivity index (χ2n) is 9.89. The smallest absolute Gasteiger partial charge is 0.435 e. The Morgan fingerprint density at radius 1 is 1.05 bits per heavy atom. The van der Waals surface area contributed by atoms with E-state index < -0.39 is 17.5 Å². The maximum atomic E-state index is 12.9. The summed E-state index contributed by atoms with van der Waals surface area (Å²) in [7, 11) is 0. The van der Waals surface area contributed by atoms with Crippen LogP contribution in [0.3, 0.4) is 0 Å². The van der Waals surface area contributed by atoms with Gasteiger partial charge in [-0.3, -0.25) is 9.36 Å². The van der Waals surface area contributed by atoms with Gasteiger partial charge in [0.15, 0.2) is 5.69 Å². The molecule has 1 N–H and O–H groups in total. The van der Waals surface area contributed by atoms with Gasteiger partial charge in [-0.2, -0.15) is 13.2 Å². The minimum atomic E-state index is -4.58. The molecule has 1 aliphatic rings. The lowest BCUT2D eigenvalue weighted by Gasteiger charge is -2.30. The minimum Gasteiger partial charge on any atom is -0.444 e. The number of halogens is 3. The monoisotopic (exact) mass is 511 g/mol. The normalized spacial score (nSPS) is 14.1. The Kier molecular flexibility index (Phi) is 5.81. The van der Waals surface area contributed by atoms with Crippen LogP contribution in [0.2, 0.25) is 0 Å². The maximum Gasteiger partial charge on any atom is 0.435 e. The molecule has 1 aromatic carbocycles. The van der Waals surface area contributed by atoms with Gasteiger partial charge in [0.25, 0.3) is 5.56 Å². The Balaban J connectivity index is 1.41. The summed E-state index contributed by atoms with van der Waals surface area (Å²) in [6.07, 6.45) is -2.74. The SMILES string of the molecule is CC(C)(C)OC(=O)N1CCc2[nH]c3cc(-n4ccc(-c5ccc(C(F)(F)F)nn5)cc4=O)ccc3c2C1. The van der Waals surface area contributed by atoms with Crippen molar-refractivity contribution in [3.8, 4) is 16.9 Å². The lowest BCUT2D eigenvalue weighted by Crippen LogP contribution is -2.39. The van der Waals surface area contributed by atoms with Gasteiger partial charge in [-0.25, -0.2) is 4.79 Å². The van der Waals surface area contributed by atoms with Crippen LogP contribution < -0.4 is 5.56 Å². The Morgan fingerprint density at radius 3 is 2.49 bits per heavy atom. The number of hydrogen-bond acceptors (Lipinski definition) is 5. The highest BCUT2D eigenvalue weighted by molar-refractivity contribution is 5.87. The van der Waals surface area contributed by atoms with Gasteiger partial charge >= 0.3 is 12.3 Å². The number of aromatic amines is 1. The lowest BCUT2D eigenvalue weighted by molar-refractivity contribution is -0.141. The van der Waals surface area contributed by atoms with E-state index in [-0.39, 0.29) is 17.3 Å². The van der Waals surface area contributed by atoms with Gasteiger partial charge in [0, 0.05) is 53.0 Å². The van der Waals surface area contributed by atoms with Crippen LogP contribution in [0.15, 0.2) is 53.5 Å². The molecule has 8 nitrogen and oxygen atoms in total. The summed E-state index contributed by atoms with van der Waals surface area (Å²) in [5.41, 5.74) is 1.99. The zero-order valence-corrected chi connectivity index (χ0v) is 20.4. The van der Waals surface area contributed by atoms with Crippen LogP contribution in [0, 0.1) is 0 Å². The number of carbonyl (C=O) groups is 1.